The molecule has 2 nitrogen and oxygen atoms in total. The second kappa shape index (κ2) is 4.82. The van der Waals surface area contributed by atoms with E-state index in [2.05, 4.69) is 5.32 Å². The van der Waals surface area contributed by atoms with Gasteiger partial charge in [0.15, 0.2) is 0 Å². The molecule has 9 heteroatoms. The maximum Gasteiger partial charge on any atom is 0.310 e. The highest BCUT2D eigenvalue weighted by Crippen LogP contribution is 3.02. The lowest BCUT2D eigenvalue weighted by molar-refractivity contribution is 0.102. The predicted octanol–water partition coefficient (Wildman–Crippen LogP) is 6.20. The van der Waals surface area contributed by atoms with E-state index in [0.717, 1.165) is 15.7 Å². The van der Waals surface area contributed by atoms with Gasteiger partial charge in [-0.25, -0.2) is 0 Å². The quantitative estimate of drug-likeness (QED) is 0.439. The number of carbonyl (C=O) groups excluding carboxylic acids is 1. The van der Waals surface area contributed by atoms with Gasteiger partial charge in [-0.3, -0.25) is 4.79 Å². The van der Waals surface area contributed by atoms with Gasteiger partial charge in [-0.2, -0.15) is 0 Å². The molecule has 0 aliphatic rings. The molecule has 0 radical (unpaired) electrons. The van der Waals surface area contributed by atoms with Crippen LogP contribution in [0.2, 0.25) is 0 Å². The van der Waals surface area contributed by atoms with Gasteiger partial charge in [-0.05, 0) is 65.1 Å². The van der Waals surface area contributed by atoms with E-state index in [-0.39, 0.29) is 23.4 Å². The molecule has 0 heterocycles. The summed E-state index contributed by atoms with van der Waals surface area (Å²) in [6.07, 6.45) is 0. The zero-order chi connectivity index (χ0) is 16.7. The molecular weight excluding hydrogens is 440 g/mol. The molecule has 0 fully saturated rings. The monoisotopic (exact) mass is 449 g/mol. The summed E-state index contributed by atoms with van der Waals surface area (Å²) in [5, 5.41) is 2.17. The van der Waals surface area contributed by atoms with Gasteiger partial charge in [0.2, 0.25) is 0 Å². The number of amides is 1. The van der Waals surface area contributed by atoms with Gasteiger partial charge in [0.1, 0.15) is 4.90 Å². The first kappa shape index (κ1) is 17.0. The topological polar surface area (TPSA) is 29.1 Å². The number of nitrogens with one attached hydrogen (secondary N) is 1. The van der Waals surface area contributed by atoms with Crippen molar-refractivity contribution in [3.05, 3.63) is 57.7 Å². The number of hydrogen-bond acceptors (Lipinski definition) is 1. The van der Waals surface area contributed by atoms with Crippen LogP contribution in [0, 0.1) is 3.57 Å². The van der Waals surface area contributed by atoms with Gasteiger partial charge in [0, 0.05) is 14.8 Å². The number of hydrogen-bond donors (Lipinski definition) is 1. The Morgan fingerprint density at radius 3 is 2.09 bits per heavy atom. The zero-order valence-electron chi connectivity index (χ0n) is 10.7. The average Bonchev–Trinajstić information content (AvgIpc) is 2.37. The molecule has 120 valence electrons. The summed E-state index contributed by atoms with van der Waals surface area (Å²) < 4.78 is 64.5. The van der Waals surface area contributed by atoms with Crippen molar-refractivity contribution < 1.29 is 24.2 Å². The predicted molar refractivity (Wildman–Crippen MR) is 85.0 cm³/mol. The fourth-order valence-corrected chi connectivity index (χ4v) is 2.66. The maximum atomic E-state index is 12.7. The first-order chi connectivity index (χ1) is 9.85. The summed E-state index contributed by atoms with van der Waals surface area (Å²) in [4.78, 5) is 9.83. The summed E-state index contributed by atoms with van der Waals surface area (Å²) in [6, 6.07) is 8.67. The van der Waals surface area contributed by atoms with Crippen LogP contribution in [0.15, 0.2) is 53.4 Å². The van der Waals surface area contributed by atoms with Gasteiger partial charge in [0.25, 0.3) is 5.91 Å². The molecule has 1 N–H and O–H groups in total. The Morgan fingerprint density at radius 2 is 1.55 bits per heavy atom. The molecule has 0 bridgehead atoms. The van der Waals surface area contributed by atoms with Crippen LogP contribution in [0.5, 0.6) is 0 Å². The molecule has 22 heavy (non-hydrogen) atoms. The molecule has 1 amide bonds. The normalized spacial score (nSPS) is 14.8. The van der Waals surface area contributed by atoms with Crippen LogP contribution in [0.25, 0.3) is 0 Å². The minimum absolute atomic E-state index is 0.207. The van der Waals surface area contributed by atoms with Crippen molar-refractivity contribution >= 4 is 44.4 Å². The van der Waals surface area contributed by atoms with E-state index < -0.39 is 21.0 Å². The number of carbonyl (C=O) groups is 1. The molecule has 0 unspecified atom stereocenters. The van der Waals surface area contributed by atoms with E-state index in [0.29, 0.717) is 0 Å². The Balaban J connectivity index is 2.29. The number of benzene rings is 2. The molecule has 2 aromatic rings. The molecule has 0 aliphatic carbocycles. The second-order valence-electron chi connectivity index (χ2n) is 4.46. The third-order valence-electron chi connectivity index (χ3n) is 2.64. The van der Waals surface area contributed by atoms with Crippen molar-refractivity contribution in [1.82, 2.24) is 0 Å². The Morgan fingerprint density at radius 1 is 0.955 bits per heavy atom. The highest BCUT2D eigenvalue weighted by molar-refractivity contribution is 14.1. The zero-order valence-corrected chi connectivity index (χ0v) is 13.7. The summed E-state index contributed by atoms with van der Waals surface area (Å²) in [5.41, 5.74) is -0.146. The van der Waals surface area contributed by atoms with Crippen LogP contribution < -0.4 is 5.32 Å². The average molecular weight is 449 g/mol. The number of rotatable bonds is 3. The maximum absolute atomic E-state index is 12.7. The first-order valence-electron chi connectivity index (χ1n) is 5.76. The van der Waals surface area contributed by atoms with E-state index >= 15 is 0 Å². The highest BCUT2D eigenvalue weighted by Gasteiger charge is 2.65. The van der Waals surface area contributed by atoms with Crippen LogP contribution in [0.1, 0.15) is 10.4 Å². The van der Waals surface area contributed by atoms with E-state index in [1.165, 1.54) is 12.1 Å². The third-order valence-corrected chi connectivity index (χ3v) is 4.51. The van der Waals surface area contributed by atoms with Crippen molar-refractivity contribution in [2.24, 2.45) is 0 Å². The summed E-state index contributed by atoms with van der Waals surface area (Å²) >= 11 is 2.02. The SMILES string of the molecule is O=C(Nc1cccc(S(F)(F)(F)(F)F)c1)c1ccc(I)cc1. The molecule has 0 atom stereocenters. The van der Waals surface area contributed by atoms with Gasteiger partial charge in [-0.1, -0.05) is 25.5 Å². The lowest BCUT2D eigenvalue weighted by Crippen LogP contribution is -2.13. The fourth-order valence-electron chi connectivity index (χ4n) is 1.62. The number of halogens is 6. The highest BCUT2D eigenvalue weighted by atomic mass is 127. The van der Waals surface area contributed by atoms with Crippen molar-refractivity contribution in [3.63, 3.8) is 0 Å². The Hall–Kier alpha value is -1.36. The second-order valence-corrected chi connectivity index (χ2v) is 8.11. The largest absolute Gasteiger partial charge is 0.322 e. The van der Waals surface area contributed by atoms with Crippen LogP contribution in [0.4, 0.5) is 25.1 Å². The molecular formula is C13H9F5INOS. The molecule has 0 saturated heterocycles. The van der Waals surface area contributed by atoms with Crippen molar-refractivity contribution in [3.8, 4) is 0 Å². The Kier molecular flexibility index (Phi) is 3.72. The summed E-state index contributed by atoms with van der Waals surface area (Å²) in [7, 11) is -9.76. The van der Waals surface area contributed by atoms with E-state index in [1.807, 2.05) is 22.6 Å². The van der Waals surface area contributed by atoms with Crippen molar-refractivity contribution in [2.75, 3.05) is 5.32 Å². The van der Waals surface area contributed by atoms with Crippen molar-refractivity contribution in [1.29, 1.82) is 0 Å². The van der Waals surface area contributed by atoms with Gasteiger partial charge in [0.05, 0.1) is 0 Å². The lowest BCUT2D eigenvalue weighted by Gasteiger charge is -2.40. The van der Waals surface area contributed by atoms with Crippen LogP contribution >= 0.6 is 32.8 Å². The summed E-state index contributed by atoms with van der Waals surface area (Å²) in [5.74, 6) is -0.685. The van der Waals surface area contributed by atoms with Crippen LogP contribution in [-0.2, 0) is 0 Å². The summed E-state index contributed by atoms with van der Waals surface area (Å²) in [6.45, 7) is 0. The lowest BCUT2D eigenvalue weighted by atomic mass is 10.2. The third kappa shape index (κ3) is 4.32. The molecule has 0 aliphatic heterocycles. The van der Waals surface area contributed by atoms with Gasteiger partial charge >= 0.3 is 10.2 Å². The van der Waals surface area contributed by atoms with Crippen molar-refractivity contribution in [2.45, 2.75) is 4.90 Å². The molecule has 0 saturated carbocycles. The smallest absolute Gasteiger partial charge is 0.310 e. The van der Waals surface area contributed by atoms with E-state index in [4.69, 9.17) is 0 Å². The van der Waals surface area contributed by atoms with Gasteiger partial charge in [-0.15, -0.1) is 0 Å². The molecule has 2 aromatic carbocycles. The minimum Gasteiger partial charge on any atom is -0.322 e. The molecule has 0 spiro atoms. The standard InChI is InChI=1S/C13H9F5INOS/c14-22(15,16,17,18)12-3-1-2-11(8-12)20-13(21)9-4-6-10(19)7-5-9/h1-8H,(H,20,21). The Bertz CT molecular complexity index is 730. The van der Waals surface area contributed by atoms with E-state index in [9.17, 15) is 24.2 Å². The fraction of sp³-hybridized carbons (Fsp3) is 0. The Labute approximate surface area is 136 Å². The molecule has 2 rings (SSSR count). The van der Waals surface area contributed by atoms with E-state index in [1.54, 1.807) is 12.1 Å². The first-order valence-corrected chi connectivity index (χ1v) is 8.79. The number of anilines is 1. The van der Waals surface area contributed by atoms with Crippen LogP contribution in [0.3, 0.4) is 0 Å². The van der Waals surface area contributed by atoms with Gasteiger partial charge < -0.3 is 5.32 Å². The van der Waals surface area contributed by atoms with Crippen LogP contribution in [-0.4, -0.2) is 5.91 Å². The molecule has 0 aromatic heterocycles. The minimum atomic E-state index is -9.76.